The second kappa shape index (κ2) is 6.63. The van der Waals surface area contributed by atoms with E-state index in [1.165, 1.54) is 18.5 Å². The van der Waals surface area contributed by atoms with Crippen molar-refractivity contribution in [2.75, 3.05) is 24.4 Å². The van der Waals surface area contributed by atoms with Crippen LogP contribution in [0.5, 0.6) is 11.5 Å². The van der Waals surface area contributed by atoms with Crippen molar-refractivity contribution in [2.24, 2.45) is 0 Å². The van der Waals surface area contributed by atoms with E-state index < -0.39 is 0 Å². The number of ether oxygens (including phenoxy) is 2. The molecule has 0 amide bonds. The molecule has 8 heteroatoms. The van der Waals surface area contributed by atoms with Gasteiger partial charge in [-0.2, -0.15) is 5.10 Å². The van der Waals surface area contributed by atoms with Crippen molar-refractivity contribution >= 4 is 17.3 Å². The minimum absolute atomic E-state index is 0.635. The van der Waals surface area contributed by atoms with E-state index >= 15 is 0 Å². The molecule has 0 saturated heterocycles. The van der Waals surface area contributed by atoms with Gasteiger partial charge in [-0.3, -0.25) is 9.67 Å². The fourth-order valence-corrected chi connectivity index (χ4v) is 3.48. The van der Waals surface area contributed by atoms with Gasteiger partial charge in [0.1, 0.15) is 11.6 Å². The lowest BCUT2D eigenvalue weighted by Gasteiger charge is -2.28. The zero-order valence-electron chi connectivity index (χ0n) is 15.8. The molecule has 0 atom stereocenters. The number of hydrogen-bond donors (Lipinski definition) is 2. The van der Waals surface area contributed by atoms with Crippen LogP contribution in [0.3, 0.4) is 0 Å². The number of imidazole rings is 1. The summed E-state index contributed by atoms with van der Waals surface area (Å²) < 4.78 is 12.8. The molecule has 0 unspecified atom stereocenters. The lowest BCUT2D eigenvalue weighted by Crippen LogP contribution is -2.27. The summed E-state index contributed by atoms with van der Waals surface area (Å²) in [6.07, 6.45) is 8.30. The van der Waals surface area contributed by atoms with Gasteiger partial charge < -0.3 is 19.7 Å². The average molecular weight is 378 g/mol. The van der Waals surface area contributed by atoms with Gasteiger partial charge in [0.15, 0.2) is 17.3 Å². The van der Waals surface area contributed by atoms with Crippen molar-refractivity contribution in [3.63, 3.8) is 0 Å². The van der Waals surface area contributed by atoms with Gasteiger partial charge in [-0.05, 0) is 25.0 Å². The van der Waals surface area contributed by atoms with E-state index in [-0.39, 0.29) is 0 Å². The standard InChI is InChI=1S/C20H22N6O2/c1-27-16-6-5-14(9-17(16)28-2)25-11-19-21-7-8-26(19)20(12-25)22-18-10-15(23-24-18)13-3-4-13/h5-10,12-13H,3-4,11H2,1-2H3,(H2,22,23,24). The van der Waals surface area contributed by atoms with Crippen LogP contribution in [0.15, 0.2) is 42.9 Å². The summed E-state index contributed by atoms with van der Waals surface area (Å²) in [7, 11) is 3.28. The maximum atomic E-state index is 5.45. The molecule has 1 aromatic carbocycles. The maximum absolute atomic E-state index is 5.45. The Morgan fingerprint density at radius 2 is 2.00 bits per heavy atom. The molecule has 0 radical (unpaired) electrons. The molecule has 0 spiro atoms. The number of nitrogens with one attached hydrogen (secondary N) is 2. The fraction of sp³-hybridized carbons (Fsp3) is 0.300. The number of rotatable bonds is 6. The Labute approximate surface area is 162 Å². The van der Waals surface area contributed by atoms with Gasteiger partial charge in [0.05, 0.1) is 20.8 Å². The number of H-pyrrole nitrogens is 1. The van der Waals surface area contributed by atoms with E-state index in [4.69, 9.17) is 9.47 Å². The third-order valence-electron chi connectivity index (χ3n) is 5.14. The molecule has 2 aromatic heterocycles. The molecule has 144 valence electrons. The second-order valence-electron chi connectivity index (χ2n) is 7.00. The van der Waals surface area contributed by atoms with Crippen LogP contribution in [0.4, 0.5) is 11.5 Å². The van der Waals surface area contributed by atoms with Crippen LogP contribution < -0.4 is 19.7 Å². The molecular weight excluding hydrogens is 356 g/mol. The molecule has 28 heavy (non-hydrogen) atoms. The lowest BCUT2D eigenvalue weighted by molar-refractivity contribution is 0.355. The van der Waals surface area contributed by atoms with Crippen molar-refractivity contribution in [1.82, 2.24) is 19.7 Å². The van der Waals surface area contributed by atoms with Crippen molar-refractivity contribution in [3.05, 3.63) is 54.4 Å². The number of fused-ring (bicyclic) bond motifs is 1. The Balaban J connectivity index is 1.46. The van der Waals surface area contributed by atoms with Gasteiger partial charge >= 0.3 is 0 Å². The summed E-state index contributed by atoms with van der Waals surface area (Å²) in [5, 5.41) is 11.0. The van der Waals surface area contributed by atoms with Crippen LogP contribution >= 0.6 is 0 Å². The van der Waals surface area contributed by atoms with E-state index in [2.05, 4.69) is 37.7 Å². The molecule has 1 saturated carbocycles. The fourth-order valence-electron chi connectivity index (χ4n) is 3.48. The predicted octanol–water partition coefficient (Wildman–Crippen LogP) is 3.39. The minimum atomic E-state index is 0.635. The molecule has 2 N–H and O–H groups in total. The summed E-state index contributed by atoms with van der Waals surface area (Å²) in [6.45, 7) is 0.654. The topological polar surface area (TPSA) is 80.2 Å². The summed E-state index contributed by atoms with van der Waals surface area (Å²) in [4.78, 5) is 6.63. The normalized spacial score (nSPS) is 15.8. The average Bonchev–Trinajstić information content (AvgIpc) is 3.28. The molecule has 8 nitrogen and oxygen atoms in total. The Bertz CT molecular complexity index is 1030. The quantitative estimate of drug-likeness (QED) is 0.684. The number of benzene rings is 1. The summed E-state index contributed by atoms with van der Waals surface area (Å²) in [5.41, 5.74) is 2.19. The van der Waals surface area contributed by atoms with Gasteiger partial charge in [-0.15, -0.1) is 0 Å². The molecule has 1 aliphatic carbocycles. The number of hydrogen-bond acceptors (Lipinski definition) is 6. The molecule has 1 fully saturated rings. The molecule has 3 heterocycles. The van der Waals surface area contributed by atoms with Crippen molar-refractivity contribution < 1.29 is 9.47 Å². The van der Waals surface area contributed by atoms with E-state index in [0.29, 0.717) is 24.0 Å². The number of methoxy groups -OCH3 is 2. The first-order chi connectivity index (χ1) is 13.7. The Hall–Kier alpha value is -3.42. The van der Waals surface area contributed by atoms with Crippen LogP contribution in [-0.2, 0) is 6.54 Å². The molecule has 1 aliphatic heterocycles. The largest absolute Gasteiger partial charge is 0.493 e. The van der Waals surface area contributed by atoms with Gasteiger partial charge in [0.25, 0.3) is 0 Å². The van der Waals surface area contributed by atoms with Gasteiger partial charge in [0, 0.05) is 48.0 Å². The highest BCUT2D eigenvalue weighted by molar-refractivity contribution is 5.69. The van der Waals surface area contributed by atoms with Crippen molar-refractivity contribution in [2.45, 2.75) is 25.3 Å². The summed E-state index contributed by atoms with van der Waals surface area (Å²) >= 11 is 0. The number of aromatic nitrogens is 4. The monoisotopic (exact) mass is 378 g/mol. The number of aromatic amines is 1. The molecule has 3 aromatic rings. The molecule has 5 rings (SSSR count). The van der Waals surface area contributed by atoms with Gasteiger partial charge in [-0.25, -0.2) is 4.98 Å². The van der Waals surface area contributed by atoms with Crippen LogP contribution in [0, 0.1) is 0 Å². The van der Waals surface area contributed by atoms with E-state index in [0.717, 1.165) is 23.2 Å². The first-order valence-electron chi connectivity index (χ1n) is 9.30. The van der Waals surface area contributed by atoms with Crippen LogP contribution in [0.2, 0.25) is 0 Å². The van der Waals surface area contributed by atoms with Crippen LogP contribution in [-0.4, -0.2) is 34.0 Å². The SMILES string of the molecule is COc1ccc(N2C=C(Nc3cc(C4CC4)[nH]n3)n3ccnc3C2)cc1OC. The highest BCUT2D eigenvalue weighted by atomic mass is 16.5. The predicted molar refractivity (Wildman–Crippen MR) is 106 cm³/mol. The first kappa shape index (κ1) is 16.7. The van der Waals surface area contributed by atoms with Gasteiger partial charge in [0.2, 0.25) is 0 Å². The van der Waals surface area contributed by atoms with Crippen LogP contribution in [0.25, 0.3) is 5.82 Å². The molecule has 0 bridgehead atoms. The highest BCUT2D eigenvalue weighted by Gasteiger charge is 2.26. The van der Waals surface area contributed by atoms with E-state index in [9.17, 15) is 0 Å². The van der Waals surface area contributed by atoms with E-state index in [1.54, 1.807) is 14.2 Å². The van der Waals surface area contributed by atoms with E-state index in [1.807, 2.05) is 35.2 Å². The maximum Gasteiger partial charge on any atom is 0.162 e. The zero-order valence-corrected chi connectivity index (χ0v) is 15.8. The first-order valence-corrected chi connectivity index (χ1v) is 9.30. The van der Waals surface area contributed by atoms with Crippen LogP contribution in [0.1, 0.15) is 30.3 Å². The Morgan fingerprint density at radius 1 is 1.14 bits per heavy atom. The van der Waals surface area contributed by atoms with Gasteiger partial charge in [-0.1, -0.05) is 0 Å². The lowest BCUT2D eigenvalue weighted by atomic mass is 10.2. The third-order valence-corrected chi connectivity index (χ3v) is 5.14. The number of anilines is 2. The Morgan fingerprint density at radius 3 is 2.79 bits per heavy atom. The minimum Gasteiger partial charge on any atom is -0.493 e. The second-order valence-corrected chi connectivity index (χ2v) is 7.00. The highest BCUT2D eigenvalue weighted by Crippen LogP contribution is 2.40. The zero-order chi connectivity index (χ0) is 19.1. The van der Waals surface area contributed by atoms with Crippen molar-refractivity contribution in [3.8, 4) is 11.5 Å². The molecule has 2 aliphatic rings. The third kappa shape index (κ3) is 2.96. The molecular formula is C20H22N6O2. The van der Waals surface area contributed by atoms with Crippen molar-refractivity contribution in [1.29, 1.82) is 0 Å². The summed E-state index contributed by atoms with van der Waals surface area (Å²) in [5.74, 6) is 4.67. The Kier molecular flexibility index (Phi) is 3.96. The number of nitrogens with zero attached hydrogens (tertiary/aromatic N) is 4. The summed E-state index contributed by atoms with van der Waals surface area (Å²) in [6, 6.07) is 7.97. The smallest absolute Gasteiger partial charge is 0.162 e.